The molecule has 1 amide bonds. The Kier molecular flexibility index (Phi) is 6.79. The summed E-state index contributed by atoms with van der Waals surface area (Å²) in [5.41, 5.74) is 5.34. The van der Waals surface area contributed by atoms with E-state index in [0.717, 1.165) is 66.7 Å². The molecule has 2 N–H and O–H groups in total. The first kappa shape index (κ1) is 23.1. The second kappa shape index (κ2) is 10.3. The van der Waals surface area contributed by atoms with Gasteiger partial charge in [0.1, 0.15) is 5.82 Å². The smallest absolute Gasteiger partial charge is 0.255 e. The van der Waals surface area contributed by atoms with Gasteiger partial charge in [0.15, 0.2) is 0 Å². The number of H-pyrrole nitrogens is 1. The number of rotatable bonds is 6. The molecule has 1 aliphatic heterocycles. The fraction of sp³-hybridized carbons (Fsp3) is 0.222. The van der Waals surface area contributed by atoms with Crippen molar-refractivity contribution in [3.05, 3.63) is 95.0 Å². The average molecular weight is 487 g/mol. The van der Waals surface area contributed by atoms with E-state index in [1.807, 2.05) is 42.6 Å². The number of nitrogens with zero attached hydrogens (tertiary/aromatic N) is 4. The summed E-state index contributed by atoms with van der Waals surface area (Å²) < 4.78 is 0. The molecule has 0 radical (unpaired) electrons. The van der Waals surface area contributed by atoms with Crippen LogP contribution >= 0.6 is 11.6 Å². The number of anilines is 2. The number of piperazine rings is 1. The molecule has 4 heterocycles. The summed E-state index contributed by atoms with van der Waals surface area (Å²) in [6, 6.07) is 17.1. The van der Waals surface area contributed by atoms with Crippen LogP contribution in [0.2, 0.25) is 5.02 Å². The second-order valence-corrected chi connectivity index (χ2v) is 9.06. The Morgan fingerprint density at radius 2 is 1.74 bits per heavy atom. The SMILES string of the molecule is Cc1[nH]c(-c2ccc(Cl)cc2)c(NC(=O)c2ccncc2)c1CN1CCN(c2ccccn2)CC1. The maximum Gasteiger partial charge on any atom is 0.255 e. The molecule has 1 aliphatic rings. The maximum atomic E-state index is 13.1. The Hall–Kier alpha value is -3.68. The monoisotopic (exact) mass is 486 g/mol. The third kappa shape index (κ3) is 5.21. The lowest BCUT2D eigenvalue weighted by molar-refractivity contribution is 0.102. The van der Waals surface area contributed by atoms with Crippen LogP contribution < -0.4 is 10.2 Å². The minimum absolute atomic E-state index is 0.164. The van der Waals surface area contributed by atoms with Crippen molar-refractivity contribution in [2.45, 2.75) is 13.5 Å². The summed E-state index contributed by atoms with van der Waals surface area (Å²) in [6.07, 6.45) is 5.08. The van der Waals surface area contributed by atoms with Crippen LogP contribution in [0.4, 0.5) is 11.5 Å². The topological polar surface area (TPSA) is 77.2 Å². The highest BCUT2D eigenvalue weighted by molar-refractivity contribution is 6.30. The van der Waals surface area contributed by atoms with E-state index < -0.39 is 0 Å². The number of aromatic nitrogens is 3. The van der Waals surface area contributed by atoms with E-state index in [0.29, 0.717) is 10.6 Å². The molecule has 0 saturated carbocycles. The number of pyridine rings is 2. The molecule has 4 aromatic rings. The van der Waals surface area contributed by atoms with Crippen LogP contribution in [0.15, 0.2) is 73.2 Å². The number of halogens is 1. The Bertz CT molecular complexity index is 1280. The molecular weight excluding hydrogens is 460 g/mol. The molecule has 7 nitrogen and oxygen atoms in total. The van der Waals surface area contributed by atoms with Gasteiger partial charge in [-0.2, -0.15) is 0 Å². The van der Waals surface area contributed by atoms with Crippen molar-refractivity contribution >= 4 is 29.0 Å². The molecule has 0 atom stereocenters. The number of hydrogen-bond acceptors (Lipinski definition) is 5. The normalized spacial score (nSPS) is 14.2. The zero-order valence-corrected chi connectivity index (χ0v) is 20.3. The molecule has 178 valence electrons. The van der Waals surface area contributed by atoms with Gasteiger partial charge in [-0.05, 0) is 43.3 Å². The van der Waals surface area contributed by atoms with Crippen molar-refractivity contribution in [3.63, 3.8) is 0 Å². The number of aromatic amines is 1. The van der Waals surface area contributed by atoms with Crippen LogP contribution in [-0.4, -0.2) is 51.9 Å². The second-order valence-electron chi connectivity index (χ2n) is 8.63. The molecule has 3 aromatic heterocycles. The lowest BCUT2D eigenvalue weighted by Crippen LogP contribution is -2.46. The van der Waals surface area contributed by atoms with Crippen LogP contribution in [-0.2, 0) is 6.54 Å². The highest BCUT2D eigenvalue weighted by Crippen LogP contribution is 2.35. The molecule has 35 heavy (non-hydrogen) atoms. The Morgan fingerprint density at radius 1 is 1.00 bits per heavy atom. The van der Waals surface area contributed by atoms with Gasteiger partial charge in [-0.1, -0.05) is 29.8 Å². The van der Waals surface area contributed by atoms with Gasteiger partial charge in [0.05, 0.1) is 11.4 Å². The number of carbonyl (C=O) groups is 1. The number of aryl methyl sites for hydroxylation is 1. The van der Waals surface area contributed by atoms with Crippen LogP contribution in [0, 0.1) is 6.92 Å². The molecule has 0 unspecified atom stereocenters. The third-order valence-electron chi connectivity index (χ3n) is 6.36. The lowest BCUT2D eigenvalue weighted by Gasteiger charge is -2.35. The van der Waals surface area contributed by atoms with E-state index >= 15 is 0 Å². The Balaban J connectivity index is 1.40. The summed E-state index contributed by atoms with van der Waals surface area (Å²) in [7, 11) is 0. The first-order chi connectivity index (χ1) is 17.1. The zero-order chi connectivity index (χ0) is 24.2. The largest absolute Gasteiger partial charge is 0.357 e. The summed E-state index contributed by atoms with van der Waals surface area (Å²) in [4.78, 5) is 29.9. The summed E-state index contributed by atoms with van der Waals surface area (Å²) in [6.45, 7) is 6.43. The summed E-state index contributed by atoms with van der Waals surface area (Å²) in [5, 5.41) is 3.85. The molecule has 5 rings (SSSR count). The van der Waals surface area contributed by atoms with E-state index in [4.69, 9.17) is 11.6 Å². The van der Waals surface area contributed by atoms with E-state index in [-0.39, 0.29) is 5.91 Å². The molecule has 1 aromatic carbocycles. The van der Waals surface area contributed by atoms with Crippen molar-refractivity contribution in [1.82, 2.24) is 19.9 Å². The predicted octanol–water partition coefficient (Wildman–Crippen LogP) is 5.01. The first-order valence-corrected chi connectivity index (χ1v) is 12.0. The molecule has 0 spiro atoms. The van der Waals surface area contributed by atoms with Crippen molar-refractivity contribution in [1.29, 1.82) is 0 Å². The Labute approximate surface area is 209 Å². The number of hydrogen-bond donors (Lipinski definition) is 2. The Morgan fingerprint density at radius 3 is 2.43 bits per heavy atom. The van der Waals surface area contributed by atoms with Gasteiger partial charge in [0.25, 0.3) is 5.91 Å². The van der Waals surface area contributed by atoms with Gasteiger partial charge in [-0.25, -0.2) is 4.98 Å². The van der Waals surface area contributed by atoms with Crippen molar-refractivity contribution in [2.24, 2.45) is 0 Å². The van der Waals surface area contributed by atoms with Gasteiger partial charge in [-0.15, -0.1) is 0 Å². The third-order valence-corrected chi connectivity index (χ3v) is 6.61. The van der Waals surface area contributed by atoms with E-state index in [9.17, 15) is 4.79 Å². The van der Waals surface area contributed by atoms with Crippen LogP contribution in [0.3, 0.4) is 0 Å². The van der Waals surface area contributed by atoms with E-state index in [1.165, 1.54) is 0 Å². The lowest BCUT2D eigenvalue weighted by atomic mass is 10.1. The molecule has 0 bridgehead atoms. The fourth-order valence-corrected chi connectivity index (χ4v) is 4.55. The maximum absolute atomic E-state index is 13.1. The van der Waals surface area contributed by atoms with Crippen molar-refractivity contribution in [3.8, 4) is 11.3 Å². The number of nitrogens with one attached hydrogen (secondary N) is 2. The molecule has 1 fully saturated rings. The van der Waals surface area contributed by atoms with E-state index in [1.54, 1.807) is 24.5 Å². The summed E-state index contributed by atoms with van der Waals surface area (Å²) in [5.74, 6) is 0.850. The number of amides is 1. The quantitative estimate of drug-likeness (QED) is 0.400. The van der Waals surface area contributed by atoms with Crippen LogP contribution in [0.5, 0.6) is 0 Å². The first-order valence-electron chi connectivity index (χ1n) is 11.7. The predicted molar refractivity (Wildman–Crippen MR) is 140 cm³/mol. The van der Waals surface area contributed by atoms with Gasteiger partial charge in [-0.3, -0.25) is 14.7 Å². The number of benzene rings is 1. The van der Waals surface area contributed by atoms with Gasteiger partial charge < -0.3 is 15.2 Å². The number of carbonyl (C=O) groups excluding carboxylic acids is 1. The molecule has 1 saturated heterocycles. The summed E-state index contributed by atoms with van der Waals surface area (Å²) >= 11 is 6.12. The van der Waals surface area contributed by atoms with Crippen LogP contribution in [0.25, 0.3) is 11.3 Å². The molecular formula is C27H27ClN6O. The average Bonchev–Trinajstić information content (AvgIpc) is 3.20. The standard InChI is InChI=1S/C27H27ClN6O/c1-19-23(18-33-14-16-34(17-15-33)24-4-2-3-11-30-24)26(32-27(35)21-9-12-29-13-10-21)25(31-19)20-5-7-22(28)8-6-20/h2-13,31H,14-18H2,1H3,(H,32,35). The van der Waals surface area contributed by atoms with Gasteiger partial charge in [0, 0.05) is 78.7 Å². The molecule has 0 aliphatic carbocycles. The zero-order valence-electron chi connectivity index (χ0n) is 19.5. The van der Waals surface area contributed by atoms with Crippen molar-refractivity contribution in [2.75, 3.05) is 36.4 Å². The highest BCUT2D eigenvalue weighted by atomic mass is 35.5. The minimum atomic E-state index is -0.164. The van der Waals surface area contributed by atoms with Crippen molar-refractivity contribution < 1.29 is 4.79 Å². The highest BCUT2D eigenvalue weighted by Gasteiger charge is 2.24. The fourth-order valence-electron chi connectivity index (χ4n) is 4.42. The van der Waals surface area contributed by atoms with E-state index in [2.05, 4.69) is 43.1 Å². The van der Waals surface area contributed by atoms with Crippen LogP contribution in [0.1, 0.15) is 21.6 Å². The molecule has 8 heteroatoms. The van der Waals surface area contributed by atoms with Gasteiger partial charge in [0.2, 0.25) is 0 Å². The van der Waals surface area contributed by atoms with Gasteiger partial charge >= 0.3 is 0 Å². The minimum Gasteiger partial charge on any atom is -0.357 e.